The molecule has 0 aliphatic rings. The fraction of sp³-hybridized carbons (Fsp3) is 0.500. The molecular weight excluding hydrogens is 291 g/mol. The van der Waals surface area contributed by atoms with E-state index in [0.717, 1.165) is 12.0 Å². The summed E-state index contributed by atoms with van der Waals surface area (Å²) in [5.41, 5.74) is 0.884. The first-order valence-corrected chi connectivity index (χ1v) is 9.34. The zero-order valence-corrected chi connectivity index (χ0v) is 14.0. The number of aromatic hydroxyl groups is 1. The van der Waals surface area contributed by atoms with E-state index in [0.29, 0.717) is 12.8 Å². The minimum Gasteiger partial charge on any atom is -0.508 e. The van der Waals surface area contributed by atoms with Gasteiger partial charge in [0, 0.05) is 7.05 Å². The Labute approximate surface area is 126 Å². The average Bonchev–Trinajstić information content (AvgIpc) is 2.45. The lowest BCUT2D eigenvalue weighted by molar-refractivity contribution is 0.113. The molecule has 0 spiro atoms. The Balaban J connectivity index is 2.76. The Morgan fingerprint density at radius 1 is 1.35 bits per heavy atom. The van der Waals surface area contributed by atoms with Gasteiger partial charge < -0.3 is 10.2 Å². The Kier molecular flexibility index (Phi) is 6.66. The van der Waals surface area contributed by atoms with E-state index in [2.05, 4.69) is 5.10 Å². The van der Waals surface area contributed by atoms with Crippen molar-refractivity contribution in [3.05, 3.63) is 29.8 Å². The Hall–Kier alpha value is -0.900. The summed E-state index contributed by atoms with van der Waals surface area (Å²) in [5, 5.41) is 23.3. The van der Waals surface area contributed by atoms with Crippen LogP contribution in [0.3, 0.4) is 0 Å². The standard InChI is InChI=1S/C14H23N2O2PS/c1-4-10-14(18,5-2)19(20)16(3)15-11-12-6-8-13(17)9-7-12/h6-9,11,17-19H,4-5,10H2,1-3H3/b15-11+. The van der Waals surface area contributed by atoms with Crippen molar-refractivity contribution in [2.75, 3.05) is 7.05 Å². The number of phenols is 1. The molecule has 2 unspecified atom stereocenters. The van der Waals surface area contributed by atoms with Gasteiger partial charge in [-0.3, -0.25) is 4.78 Å². The molecular formula is C14H23N2O2PS. The van der Waals surface area contributed by atoms with Crippen LogP contribution in [0.1, 0.15) is 38.7 Å². The Morgan fingerprint density at radius 2 is 1.95 bits per heavy atom. The summed E-state index contributed by atoms with van der Waals surface area (Å²) in [6.07, 6.45) is 3.96. The van der Waals surface area contributed by atoms with Crippen LogP contribution in [0.5, 0.6) is 5.75 Å². The van der Waals surface area contributed by atoms with Crippen molar-refractivity contribution < 1.29 is 10.2 Å². The molecule has 0 aliphatic heterocycles. The summed E-state index contributed by atoms with van der Waals surface area (Å²) in [5.74, 6) is 0.229. The molecule has 0 radical (unpaired) electrons. The highest BCUT2D eigenvalue weighted by Crippen LogP contribution is 2.45. The summed E-state index contributed by atoms with van der Waals surface area (Å²) in [6, 6.07) is 6.78. The van der Waals surface area contributed by atoms with Gasteiger partial charge in [-0.25, -0.2) is 0 Å². The molecule has 112 valence electrons. The van der Waals surface area contributed by atoms with Crippen LogP contribution in [-0.4, -0.2) is 33.6 Å². The van der Waals surface area contributed by atoms with Crippen LogP contribution in [-0.2, 0) is 11.8 Å². The highest BCUT2D eigenvalue weighted by Gasteiger charge is 2.29. The van der Waals surface area contributed by atoms with E-state index >= 15 is 0 Å². The van der Waals surface area contributed by atoms with Crippen molar-refractivity contribution in [2.45, 2.75) is 38.5 Å². The van der Waals surface area contributed by atoms with Crippen LogP contribution in [0.2, 0.25) is 0 Å². The van der Waals surface area contributed by atoms with Crippen molar-refractivity contribution >= 4 is 24.9 Å². The number of hydrazone groups is 1. The number of nitrogens with zero attached hydrogens (tertiary/aromatic N) is 2. The second-order valence-corrected chi connectivity index (χ2v) is 8.15. The number of hydrogen-bond donors (Lipinski definition) is 2. The molecule has 2 atom stereocenters. The minimum atomic E-state index is -1.57. The van der Waals surface area contributed by atoms with Gasteiger partial charge in [0.15, 0.2) is 0 Å². The van der Waals surface area contributed by atoms with Gasteiger partial charge in [0.25, 0.3) is 0 Å². The summed E-state index contributed by atoms with van der Waals surface area (Å²) >= 11 is 5.52. The molecule has 4 nitrogen and oxygen atoms in total. The third-order valence-electron chi connectivity index (χ3n) is 3.21. The maximum atomic E-state index is 10.6. The molecule has 0 saturated carbocycles. The third kappa shape index (κ3) is 4.58. The van der Waals surface area contributed by atoms with Crippen molar-refractivity contribution in [1.29, 1.82) is 0 Å². The zero-order valence-electron chi connectivity index (χ0n) is 12.2. The number of phenolic OH excluding ortho intramolecular Hbond substituents is 1. The van der Waals surface area contributed by atoms with E-state index in [1.807, 2.05) is 20.9 Å². The van der Waals surface area contributed by atoms with E-state index in [1.165, 1.54) is 0 Å². The predicted molar refractivity (Wildman–Crippen MR) is 89.3 cm³/mol. The Morgan fingerprint density at radius 3 is 2.45 bits per heavy atom. The second-order valence-electron chi connectivity index (χ2n) is 4.80. The third-order valence-corrected chi connectivity index (χ3v) is 7.25. The highest BCUT2D eigenvalue weighted by molar-refractivity contribution is 8.04. The van der Waals surface area contributed by atoms with Crippen LogP contribution >= 0.6 is 6.85 Å². The SMILES string of the molecule is CCCC(O)(CC)[PH](=S)N(C)/N=C/c1ccc(O)cc1. The molecule has 0 heterocycles. The van der Waals surface area contributed by atoms with Crippen molar-refractivity contribution in [3.63, 3.8) is 0 Å². The monoisotopic (exact) mass is 314 g/mol. The maximum Gasteiger partial charge on any atom is 0.115 e. The fourth-order valence-electron chi connectivity index (χ4n) is 1.92. The Bertz CT molecular complexity index is 479. The summed E-state index contributed by atoms with van der Waals surface area (Å²) in [4.78, 5) is 0. The lowest BCUT2D eigenvalue weighted by Gasteiger charge is -2.32. The van der Waals surface area contributed by atoms with Gasteiger partial charge in [-0.05, 0) is 42.7 Å². The largest absolute Gasteiger partial charge is 0.508 e. The van der Waals surface area contributed by atoms with Crippen molar-refractivity contribution in [3.8, 4) is 5.75 Å². The predicted octanol–water partition coefficient (Wildman–Crippen LogP) is 3.15. The van der Waals surface area contributed by atoms with E-state index < -0.39 is 12.2 Å². The molecule has 6 heteroatoms. The molecule has 0 saturated heterocycles. The van der Waals surface area contributed by atoms with Gasteiger partial charge in [-0.15, -0.1) is 0 Å². The summed E-state index contributed by atoms with van der Waals surface area (Å²) < 4.78 is 1.71. The van der Waals surface area contributed by atoms with Crippen LogP contribution in [0, 0.1) is 0 Å². The van der Waals surface area contributed by atoms with E-state index in [-0.39, 0.29) is 5.75 Å². The first-order chi connectivity index (χ1) is 9.42. The van der Waals surface area contributed by atoms with E-state index in [4.69, 9.17) is 11.8 Å². The molecule has 1 rings (SSSR count). The van der Waals surface area contributed by atoms with Gasteiger partial charge in [0.1, 0.15) is 11.1 Å². The van der Waals surface area contributed by atoms with Crippen LogP contribution in [0.4, 0.5) is 0 Å². The fourth-order valence-corrected chi connectivity index (χ4v) is 4.33. The quantitative estimate of drug-likeness (QED) is 0.461. The lowest BCUT2D eigenvalue weighted by Crippen LogP contribution is -2.26. The van der Waals surface area contributed by atoms with Gasteiger partial charge in [0.2, 0.25) is 0 Å². The molecule has 0 bridgehead atoms. The molecule has 0 amide bonds. The first-order valence-electron chi connectivity index (χ1n) is 6.76. The second kappa shape index (κ2) is 7.77. The number of hydrogen-bond acceptors (Lipinski definition) is 4. The van der Waals surface area contributed by atoms with Gasteiger partial charge in [-0.2, -0.15) is 5.10 Å². The van der Waals surface area contributed by atoms with E-state index in [1.54, 1.807) is 35.3 Å². The molecule has 1 aromatic carbocycles. The van der Waals surface area contributed by atoms with Crippen LogP contribution in [0.15, 0.2) is 29.4 Å². The first kappa shape index (κ1) is 17.2. The smallest absolute Gasteiger partial charge is 0.115 e. The molecule has 20 heavy (non-hydrogen) atoms. The normalized spacial score (nSPS) is 16.0. The molecule has 2 N–H and O–H groups in total. The highest BCUT2D eigenvalue weighted by atomic mass is 32.4. The van der Waals surface area contributed by atoms with Crippen molar-refractivity contribution in [1.82, 2.24) is 4.78 Å². The van der Waals surface area contributed by atoms with Crippen LogP contribution < -0.4 is 0 Å². The van der Waals surface area contributed by atoms with E-state index in [9.17, 15) is 10.2 Å². The summed E-state index contributed by atoms with van der Waals surface area (Å²) in [7, 11) is 1.81. The molecule has 0 fully saturated rings. The van der Waals surface area contributed by atoms with Gasteiger partial charge >= 0.3 is 0 Å². The molecule has 0 aromatic heterocycles. The lowest BCUT2D eigenvalue weighted by atomic mass is 10.1. The maximum absolute atomic E-state index is 10.6. The molecule has 1 aromatic rings. The topological polar surface area (TPSA) is 56.1 Å². The van der Waals surface area contributed by atoms with Crippen molar-refractivity contribution in [2.24, 2.45) is 5.10 Å². The molecule has 0 aliphatic carbocycles. The number of benzene rings is 1. The van der Waals surface area contributed by atoms with Gasteiger partial charge in [-0.1, -0.05) is 32.1 Å². The zero-order chi connectivity index (χ0) is 15.2. The van der Waals surface area contributed by atoms with Gasteiger partial charge in [0.05, 0.1) is 13.1 Å². The van der Waals surface area contributed by atoms with Crippen LogP contribution in [0.25, 0.3) is 0 Å². The number of rotatable bonds is 7. The average molecular weight is 314 g/mol. The summed E-state index contributed by atoms with van der Waals surface area (Å²) in [6.45, 7) is 2.44. The number of aliphatic hydroxyl groups is 1. The minimum absolute atomic E-state index is 0.229.